The van der Waals surface area contributed by atoms with Gasteiger partial charge < -0.3 is 15.5 Å². The van der Waals surface area contributed by atoms with Crippen LogP contribution >= 0.6 is 23.2 Å². The fourth-order valence-electron chi connectivity index (χ4n) is 6.21. The lowest BCUT2D eigenvalue weighted by molar-refractivity contribution is -0.121. The Kier molecular flexibility index (Phi) is 10.1. The van der Waals surface area contributed by atoms with E-state index < -0.39 is 21.5 Å². The van der Waals surface area contributed by atoms with Crippen LogP contribution in [0.3, 0.4) is 0 Å². The number of fused-ring (bicyclic) bond motifs is 1. The molecule has 3 aromatic rings. The topological polar surface area (TPSA) is 111 Å². The zero-order chi connectivity index (χ0) is 32.4. The summed E-state index contributed by atoms with van der Waals surface area (Å²) in [6.07, 6.45) is 2.87. The van der Waals surface area contributed by atoms with Gasteiger partial charge in [0.05, 0.1) is 10.6 Å². The fourth-order valence-corrected chi connectivity index (χ4v) is 8.10. The van der Waals surface area contributed by atoms with E-state index in [2.05, 4.69) is 16.0 Å². The number of nitrogens with one attached hydrogen (secondary N) is 3. The maximum absolute atomic E-state index is 14.8. The summed E-state index contributed by atoms with van der Waals surface area (Å²) in [4.78, 5) is 28.9. The second-order valence-corrected chi connectivity index (χ2v) is 14.1. The summed E-state index contributed by atoms with van der Waals surface area (Å²) in [5.41, 5.74) is 0.565. The van der Waals surface area contributed by atoms with E-state index in [0.29, 0.717) is 58.0 Å². The maximum atomic E-state index is 14.8. The average Bonchev–Trinajstić information content (AvgIpc) is 3.26. The molecule has 0 saturated carbocycles. The van der Waals surface area contributed by atoms with Crippen LogP contribution in [0.2, 0.25) is 10.0 Å². The number of aryl methyl sites for hydroxylation is 1. The molecular weight excluding hydrogens is 633 g/mol. The summed E-state index contributed by atoms with van der Waals surface area (Å²) in [6.45, 7) is 8.95. The number of hydrogen-bond acceptors (Lipinski definition) is 6. The van der Waals surface area contributed by atoms with Crippen molar-refractivity contribution in [2.75, 3.05) is 42.3 Å². The second kappa shape index (κ2) is 13.7. The molecule has 1 fully saturated rings. The molecule has 12 heteroatoms. The van der Waals surface area contributed by atoms with Crippen molar-refractivity contribution in [1.29, 1.82) is 0 Å². The number of halogens is 2. The number of piperidine rings is 1. The van der Waals surface area contributed by atoms with Gasteiger partial charge in [0.15, 0.2) is 5.54 Å². The Bertz CT molecular complexity index is 1670. The summed E-state index contributed by atoms with van der Waals surface area (Å²) in [5.74, 6) is -0.211. The minimum absolute atomic E-state index is 0.0973. The molecule has 5 rings (SSSR count). The Hall–Kier alpha value is -3.15. The van der Waals surface area contributed by atoms with Crippen LogP contribution in [0.15, 0.2) is 65.6 Å². The van der Waals surface area contributed by atoms with E-state index in [9.17, 15) is 18.0 Å². The third-order valence-corrected chi connectivity index (χ3v) is 11.2. The van der Waals surface area contributed by atoms with E-state index >= 15 is 0 Å². The molecular formula is C33H39Cl2N5O4S. The predicted octanol–water partition coefficient (Wildman–Crippen LogP) is 6.13. The van der Waals surface area contributed by atoms with Crippen molar-refractivity contribution >= 4 is 56.5 Å². The lowest BCUT2D eigenvalue weighted by atomic mass is 9.83. The van der Waals surface area contributed by atoms with Crippen LogP contribution in [0.1, 0.15) is 49.8 Å². The van der Waals surface area contributed by atoms with E-state index in [1.807, 2.05) is 13.8 Å². The van der Waals surface area contributed by atoms with Crippen LogP contribution < -0.4 is 20.3 Å². The molecule has 0 bridgehead atoms. The van der Waals surface area contributed by atoms with Crippen LogP contribution in [0, 0.1) is 12.8 Å². The zero-order valence-corrected chi connectivity index (χ0v) is 28.0. The molecule has 2 aliphatic rings. The number of sulfonamides is 1. The van der Waals surface area contributed by atoms with Crippen molar-refractivity contribution in [3.05, 3.63) is 87.4 Å². The highest BCUT2D eigenvalue weighted by Gasteiger charge is 2.57. The molecule has 9 nitrogen and oxygen atoms in total. The van der Waals surface area contributed by atoms with E-state index in [1.165, 1.54) is 24.3 Å². The van der Waals surface area contributed by atoms with Crippen LogP contribution in [-0.2, 0) is 20.4 Å². The van der Waals surface area contributed by atoms with Gasteiger partial charge in [0.1, 0.15) is 0 Å². The summed E-state index contributed by atoms with van der Waals surface area (Å²) in [7, 11) is -4.41. The summed E-state index contributed by atoms with van der Waals surface area (Å²) < 4.78 is 29.6. The Labute approximate surface area is 275 Å². The SMILES string of the molecule is CCN(CC)C(=O)Nc1ccc(S(=O)(=O)N2C(=O)C(NCCC3CCNCC3)(c3ccccc3Cl)c3cc(Cl)c(C)cc32)cc1. The molecule has 1 saturated heterocycles. The Morgan fingerprint density at radius 1 is 1.00 bits per heavy atom. The smallest absolute Gasteiger partial charge is 0.321 e. The highest BCUT2D eigenvalue weighted by atomic mass is 35.5. The third-order valence-electron chi connectivity index (χ3n) is 8.78. The van der Waals surface area contributed by atoms with Crippen LogP contribution in [0.4, 0.5) is 16.2 Å². The number of rotatable bonds is 10. The number of benzene rings is 3. The number of urea groups is 1. The first-order valence-corrected chi connectivity index (χ1v) is 17.5. The highest BCUT2D eigenvalue weighted by molar-refractivity contribution is 7.93. The largest absolute Gasteiger partial charge is 0.325 e. The van der Waals surface area contributed by atoms with Gasteiger partial charge in [-0.05, 0) is 114 Å². The van der Waals surface area contributed by atoms with E-state index in [1.54, 1.807) is 48.2 Å². The van der Waals surface area contributed by atoms with Gasteiger partial charge in [-0.2, -0.15) is 0 Å². The fraction of sp³-hybridized carbons (Fsp3) is 0.394. The first-order chi connectivity index (χ1) is 21.5. The maximum Gasteiger partial charge on any atom is 0.321 e. The quantitative estimate of drug-likeness (QED) is 0.239. The van der Waals surface area contributed by atoms with Crippen molar-refractivity contribution in [3.8, 4) is 0 Å². The molecule has 3 amide bonds. The second-order valence-electron chi connectivity index (χ2n) is 11.5. The average molecular weight is 673 g/mol. The molecule has 0 aromatic heterocycles. The molecule has 3 N–H and O–H groups in total. The van der Waals surface area contributed by atoms with Crippen molar-refractivity contribution in [1.82, 2.24) is 15.5 Å². The predicted molar refractivity (Wildman–Crippen MR) is 180 cm³/mol. The number of carbonyl (C=O) groups excluding carboxylic acids is 2. The minimum atomic E-state index is -4.41. The first kappa shape index (κ1) is 33.2. The lowest BCUT2D eigenvalue weighted by Crippen LogP contribution is -2.53. The molecule has 1 atom stereocenters. The Balaban J connectivity index is 1.57. The lowest BCUT2D eigenvalue weighted by Gasteiger charge is -2.32. The van der Waals surface area contributed by atoms with E-state index in [0.717, 1.165) is 36.7 Å². The van der Waals surface area contributed by atoms with Crippen molar-refractivity contribution in [2.45, 2.75) is 50.5 Å². The monoisotopic (exact) mass is 671 g/mol. The Morgan fingerprint density at radius 2 is 1.67 bits per heavy atom. The van der Waals surface area contributed by atoms with Crippen LogP contribution in [-0.4, -0.2) is 58.0 Å². The van der Waals surface area contributed by atoms with Gasteiger partial charge in [0.25, 0.3) is 15.9 Å². The van der Waals surface area contributed by atoms with E-state index in [4.69, 9.17) is 23.2 Å². The van der Waals surface area contributed by atoms with Crippen LogP contribution in [0.25, 0.3) is 0 Å². The van der Waals surface area contributed by atoms with Gasteiger partial charge in [0.2, 0.25) is 0 Å². The van der Waals surface area contributed by atoms with Crippen molar-refractivity contribution in [3.63, 3.8) is 0 Å². The van der Waals surface area contributed by atoms with Crippen LogP contribution in [0.5, 0.6) is 0 Å². The van der Waals surface area contributed by atoms with Gasteiger partial charge in [-0.15, -0.1) is 0 Å². The molecule has 0 aliphatic carbocycles. The summed E-state index contributed by atoms with van der Waals surface area (Å²) >= 11 is 13.4. The van der Waals surface area contributed by atoms with Gasteiger partial charge >= 0.3 is 6.03 Å². The number of nitrogens with zero attached hydrogens (tertiary/aromatic N) is 2. The van der Waals surface area contributed by atoms with Crippen molar-refractivity contribution < 1.29 is 18.0 Å². The standard InChI is InChI=1S/C33H39Cl2N5O4S/c1-4-39(5-2)32(42)38-24-10-12-25(13-11-24)45(43,44)40-30-20-22(3)29(35)21-27(30)33(31(40)41,26-8-6-7-9-28(26)34)37-19-16-23-14-17-36-18-15-23/h6-13,20-21,23,36-37H,4-5,14-19H2,1-3H3,(H,38,42). The molecule has 240 valence electrons. The summed E-state index contributed by atoms with van der Waals surface area (Å²) in [5, 5.41) is 10.4. The number of carbonyl (C=O) groups is 2. The zero-order valence-electron chi connectivity index (χ0n) is 25.7. The molecule has 45 heavy (non-hydrogen) atoms. The van der Waals surface area contributed by atoms with Gasteiger partial charge in [-0.25, -0.2) is 17.5 Å². The molecule has 1 unspecified atom stereocenters. The van der Waals surface area contributed by atoms with Gasteiger partial charge in [-0.3, -0.25) is 10.1 Å². The van der Waals surface area contributed by atoms with Gasteiger partial charge in [0, 0.05) is 39.9 Å². The Morgan fingerprint density at radius 3 is 2.31 bits per heavy atom. The molecule has 2 heterocycles. The molecule has 2 aliphatic heterocycles. The summed E-state index contributed by atoms with van der Waals surface area (Å²) in [6, 6.07) is 15.8. The molecule has 0 radical (unpaired) electrons. The van der Waals surface area contributed by atoms with Crippen molar-refractivity contribution in [2.24, 2.45) is 5.92 Å². The van der Waals surface area contributed by atoms with Gasteiger partial charge in [-0.1, -0.05) is 41.4 Å². The van der Waals surface area contributed by atoms with E-state index in [-0.39, 0.29) is 16.6 Å². The highest BCUT2D eigenvalue weighted by Crippen LogP contribution is 2.50. The molecule has 0 spiro atoms. The number of anilines is 2. The normalized spacial score (nSPS) is 18.6. The number of amides is 3. The first-order valence-electron chi connectivity index (χ1n) is 15.3. The third kappa shape index (κ3) is 6.31. The molecule has 3 aromatic carbocycles. The number of hydrogen-bond donors (Lipinski definition) is 3. The minimum Gasteiger partial charge on any atom is -0.325 e.